The largest absolute Gasteiger partial charge is 0.494 e. The van der Waals surface area contributed by atoms with E-state index in [4.69, 9.17) is 10.5 Å². The van der Waals surface area contributed by atoms with Gasteiger partial charge in [-0.15, -0.1) is 0 Å². The van der Waals surface area contributed by atoms with Crippen molar-refractivity contribution in [2.24, 2.45) is 5.73 Å². The molecule has 1 unspecified atom stereocenters. The predicted octanol–water partition coefficient (Wildman–Crippen LogP) is 3.88. The van der Waals surface area contributed by atoms with E-state index >= 15 is 0 Å². The van der Waals surface area contributed by atoms with Crippen LogP contribution in [-0.2, 0) is 5.41 Å². The summed E-state index contributed by atoms with van der Waals surface area (Å²) >= 11 is 0. The van der Waals surface area contributed by atoms with Gasteiger partial charge in [-0.2, -0.15) is 0 Å². The van der Waals surface area contributed by atoms with Crippen molar-refractivity contribution in [3.63, 3.8) is 0 Å². The lowest BCUT2D eigenvalue weighted by Crippen LogP contribution is -2.19. The van der Waals surface area contributed by atoms with Gasteiger partial charge in [0, 0.05) is 6.04 Å². The van der Waals surface area contributed by atoms with Gasteiger partial charge >= 0.3 is 0 Å². The summed E-state index contributed by atoms with van der Waals surface area (Å²) in [5.41, 5.74) is 7.36. The number of hydrogen-bond donors (Lipinski definition) is 1. The van der Waals surface area contributed by atoms with Crippen LogP contribution in [0.25, 0.3) is 0 Å². The first-order valence-corrected chi connectivity index (χ1v) is 6.92. The van der Waals surface area contributed by atoms with Crippen LogP contribution in [0.2, 0.25) is 0 Å². The van der Waals surface area contributed by atoms with Crippen LogP contribution in [0, 0.1) is 0 Å². The Hall–Kier alpha value is -1.02. The summed E-state index contributed by atoms with van der Waals surface area (Å²) in [5, 5.41) is 0. The summed E-state index contributed by atoms with van der Waals surface area (Å²) in [7, 11) is 0. The quantitative estimate of drug-likeness (QED) is 0.776. The van der Waals surface area contributed by atoms with Gasteiger partial charge in [0.2, 0.25) is 0 Å². The molecule has 0 bridgehead atoms. The van der Waals surface area contributed by atoms with Crippen molar-refractivity contribution in [2.75, 3.05) is 6.61 Å². The number of nitrogens with two attached hydrogens (primary N) is 1. The van der Waals surface area contributed by atoms with Gasteiger partial charge in [-0.3, -0.25) is 0 Å². The van der Waals surface area contributed by atoms with Gasteiger partial charge in [-0.05, 0) is 42.4 Å². The lowest BCUT2D eigenvalue weighted by atomic mass is 9.87. The number of hydrogen-bond acceptors (Lipinski definition) is 2. The zero-order chi connectivity index (χ0) is 13.6. The second-order valence-corrected chi connectivity index (χ2v) is 5.94. The van der Waals surface area contributed by atoms with Crippen molar-refractivity contribution in [1.82, 2.24) is 0 Å². The van der Waals surface area contributed by atoms with Gasteiger partial charge in [-0.25, -0.2) is 0 Å². The predicted molar refractivity (Wildman–Crippen MR) is 78.1 cm³/mol. The number of ether oxygens (including phenoxy) is 1. The molecule has 0 aliphatic carbocycles. The summed E-state index contributed by atoms with van der Waals surface area (Å²) < 4.78 is 5.78. The Balaban J connectivity index is 2.43. The third kappa shape index (κ3) is 5.09. The molecular weight excluding hydrogens is 222 g/mol. The summed E-state index contributed by atoms with van der Waals surface area (Å²) in [4.78, 5) is 0. The van der Waals surface area contributed by atoms with E-state index in [1.54, 1.807) is 0 Å². The molecule has 0 amide bonds. The van der Waals surface area contributed by atoms with Gasteiger partial charge in [0.25, 0.3) is 0 Å². The van der Waals surface area contributed by atoms with Gasteiger partial charge < -0.3 is 10.5 Å². The van der Waals surface area contributed by atoms with E-state index in [0.29, 0.717) is 6.04 Å². The highest BCUT2D eigenvalue weighted by molar-refractivity contribution is 5.32. The Kier molecular flexibility index (Phi) is 5.67. The fourth-order valence-corrected chi connectivity index (χ4v) is 1.79. The highest BCUT2D eigenvalue weighted by Crippen LogP contribution is 2.25. The van der Waals surface area contributed by atoms with Crippen molar-refractivity contribution in [3.05, 3.63) is 29.8 Å². The second-order valence-electron chi connectivity index (χ2n) is 5.94. The Morgan fingerprint density at radius 3 is 2.61 bits per heavy atom. The topological polar surface area (TPSA) is 35.2 Å². The van der Waals surface area contributed by atoms with Gasteiger partial charge in [0.1, 0.15) is 5.75 Å². The fraction of sp³-hybridized carbons (Fsp3) is 0.625. The smallest absolute Gasteiger partial charge is 0.119 e. The summed E-state index contributed by atoms with van der Waals surface area (Å²) in [6, 6.07) is 8.69. The van der Waals surface area contributed by atoms with E-state index in [-0.39, 0.29) is 5.41 Å². The molecule has 0 aromatic heterocycles. The molecule has 0 saturated heterocycles. The molecule has 0 heterocycles. The molecule has 2 heteroatoms. The van der Waals surface area contributed by atoms with Crippen molar-refractivity contribution >= 4 is 0 Å². The van der Waals surface area contributed by atoms with Gasteiger partial charge in [-0.1, -0.05) is 39.8 Å². The van der Waals surface area contributed by atoms with Crippen LogP contribution in [0.1, 0.15) is 52.5 Å². The molecule has 0 aliphatic rings. The van der Waals surface area contributed by atoms with E-state index < -0.39 is 0 Å². The standard InChI is InChI=1S/C16H27NO/c1-5-14(17)9-7-11-18-15-10-6-8-13(12-15)16(2,3)4/h6,8,10,12,14H,5,7,9,11,17H2,1-4H3. The normalized spacial score (nSPS) is 13.4. The number of rotatable bonds is 6. The Bertz CT molecular complexity index is 354. The van der Waals surface area contributed by atoms with Crippen molar-refractivity contribution < 1.29 is 4.74 Å². The molecule has 102 valence electrons. The monoisotopic (exact) mass is 249 g/mol. The maximum atomic E-state index is 5.88. The van der Waals surface area contributed by atoms with Gasteiger partial charge in [0.05, 0.1) is 6.61 Å². The lowest BCUT2D eigenvalue weighted by Gasteiger charge is -2.19. The van der Waals surface area contributed by atoms with Crippen LogP contribution in [0.3, 0.4) is 0 Å². The molecule has 1 atom stereocenters. The third-order valence-electron chi connectivity index (χ3n) is 3.21. The molecular formula is C16H27NO. The molecule has 2 N–H and O–H groups in total. The average molecular weight is 249 g/mol. The molecule has 1 aromatic carbocycles. The number of benzene rings is 1. The zero-order valence-corrected chi connectivity index (χ0v) is 12.2. The van der Waals surface area contributed by atoms with E-state index in [2.05, 4.69) is 45.9 Å². The Labute approximate surface area is 112 Å². The molecule has 18 heavy (non-hydrogen) atoms. The van der Waals surface area contributed by atoms with Crippen LogP contribution >= 0.6 is 0 Å². The van der Waals surface area contributed by atoms with Crippen LogP contribution in [0.5, 0.6) is 5.75 Å². The first-order valence-electron chi connectivity index (χ1n) is 6.92. The summed E-state index contributed by atoms with van der Waals surface area (Å²) in [5.74, 6) is 0.965. The van der Waals surface area contributed by atoms with Crippen molar-refractivity contribution in [1.29, 1.82) is 0 Å². The summed E-state index contributed by atoms with van der Waals surface area (Å²) in [6.07, 6.45) is 3.10. The van der Waals surface area contributed by atoms with Crippen molar-refractivity contribution in [2.45, 2.75) is 58.4 Å². The molecule has 0 radical (unpaired) electrons. The van der Waals surface area contributed by atoms with Crippen LogP contribution in [0.4, 0.5) is 0 Å². The fourth-order valence-electron chi connectivity index (χ4n) is 1.79. The molecule has 1 aromatic rings. The molecule has 1 rings (SSSR count). The molecule has 2 nitrogen and oxygen atoms in total. The van der Waals surface area contributed by atoms with Crippen molar-refractivity contribution in [3.8, 4) is 5.75 Å². The van der Waals surface area contributed by atoms with E-state index in [1.165, 1.54) is 5.56 Å². The van der Waals surface area contributed by atoms with E-state index in [9.17, 15) is 0 Å². The van der Waals surface area contributed by atoms with Crippen LogP contribution in [0.15, 0.2) is 24.3 Å². The van der Waals surface area contributed by atoms with Gasteiger partial charge in [0.15, 0.2) is 0 Å². The van der Waals surface area contributed by atoms with Crippen LogP contribution in [-0.4, -0.2) is 12.6 Å². The lowest BCUT2D eigenvalue weighted by molar-refractivity contribution is 0.300. The Morgan fingerprint density at radius 2 is 2.00 bits per heavy atom. The molecule has 0 aliphatic heterocycles. The Morgan fingerprint density at radius 1 is 1.28 bits per heavy atom. The minimum atomic E-state index is 0.171. The first kappa shape index (κ1) is 15.0. The maximum Gasteiger partial charge on any atom is 0.119 e. The maximum absolute atomic E-state index is 5.88. The van der Waals surface area contributed by atoms with E-state index in [0.717, 1.165) is 31.6 Å². The molecule has 0 saturated carbocycles. The average Bonchev–Trinajstić information content (AvgIpc) is 2.33. The summed E-state index contributed by atoms with van der Waals surface area (Å²) in [6.45, 7) is 9.52. The van der Waals surface area contributed by atoms with E-state index in [1.807, 2.05) is 6.07 Å². The first-order chi connectivity index (χ1) is 8.43. The minimum Gasteiger partial charge on any atom is -0.494 e. The SMILES string of the molecule is CCC(N)CCCOc1cccc(C(C)(C)C)c1. The minimum absolute atomic E-state index is 0.171. The van der Waals surface area contributed by atoms with Crippen LogP contribution < -0.4 is 10.5 Å². The highest BCUT2D eigenvalue weighted by atomic mass is 16.5. The molecule has 0 spiro atoms. The highest BCUT2D eigenvalue weighted by Gasteiger charge is 2.13. The molecule has 0 fully saturated rings. The third-order valence-corrected chi connectivity index (χ3v) is 3.21. The zero-order valence-electron chi connectivity index (χ0n) is 12.2. The second kappa shape index (κ2) is 6.79.